The van der Waals surface area contributed by atoms with E-state index in [1.807, 2.05) is 12.2 Å². The molecular formula is C73H108O6. The molecule has 0 aliphatic rings. The van der Waals surface area contributed by atoms with E-state index in [2.05, 4.69) is 215 Å². The second-order valence-corrected chi connectivity index (χ2v) is 19.1. The zero-order chi connectivity index (χ0) is 57.1. The molecule has 0 saturated carbocycles. The Kier molecular flexibility index (Phi) is 59.6. The van der Waals surface area contributed by atoms with Gasteiger partial charge in [-0.1, -0.05) is 247 Å². The van der Waals surface area contributed by atoms with E-state index in [-0.39, 0.29) is 50.4 Å². The third-order valence-corrected chi connectivity index (χ3v) is 11.8. The monoisotopic (exact) mass is 1080 g/mol. The van der Waals surface area contributed by atoms with Crippen LogP contribution in [0.4, 0.5) is 0 Å². The molecule has 0 aromatic heterocycles. The molecule has 0 heterocycles. The average Bonchev–Trinajstić information content (AvgIpc) is 3.45. The summed E-state index contributed by atoms with van der Waals surface area (Å²) in [6, 6.07) is 0. The number of hydrogen-bond acceptors (Lipinski definition) is 6. The zero-order valence-corrected chi connectivity index (χ0v) is 49.8. The molecule has 0 rings (SSSR count). The Morgan fingerprint density at radius 1 is 0.253 bits per heavy atom. The number of allylic oxidation sites excluding steroid dienone is 34. The fraction of sp³-hybridized carbons (Fsp3) is 0.493. The minimum Gasteiger partial charge on any atom is -0.462 e. The Morgan fingerprint density at radius 2 is 0.481 bits per heavy atom. The normalized spacial score (nSPS) is 13.6. The highest BCUT2D eigenvalue weighted by Gasteiger charge is 2.19. The molecule has 6 heteroatoms. The van der Waals surface area contributed by atoms with Gasteiger partial charge in [-0.3, -0.25) is 14.4 Å². The number of unbranched alkanes of at least 4 members (excludes halogenated alkanes) is 7. The van der Waals surface area contributed by atoms with E-state index < -0.39 is 6.10 Å². The van der Waals surface area contributed by atoms with Crippen molar-refractivity contribution in [1.82, 2.24) is 0 Å². The molecule has 0 bridgehead atoms. The van der Waals surface area contributed by atoms with Crippen LogP contribution in [-0.4, -0.2) is 37.2 Å². The maximum atomic E-state index is 12.9. The van der Waals surface area contributed by atoms with Crippen LogP contribution in [0.25, 0.3) is 0 Å². The van der Waals surface area contributed by atoms with Gasteiger partial charge >= 0.3 is 17.9 Å². The molecule has 0 N–H and O–H groups in total. The van der Waals surface area contributed by atoms with Crippen molar-refractivity contribution < 1.29 is 28.6 Å². The highest BCUT2D eigenvalue weighted by Crippen LogP contribution is 2.11. The predicted octanol–water partition coefficient (Wildman–Crippen LogP) is 21.2. The molecule has 0 aliphatic carbocycles. The van der Waals surface area contributed by atoms with Crippen molar-refractivity contribution in [2.75, 3.05) is 13.2 Å². The molecule has 0 fully saturated rings. The molecule has 0 aromatic rings. The van der Waals surface area contributed by atoms with Crippen LogP contribution in [0.2, 0.25) is 0 Å². The van der Waals surface area contributed by atoms with Crippen molar-refractivity contribution in [2.24, 2.45) is 0 Å². The molecule has 0 radical (unpaired) electrons. The molecule has 79 heavy (non-hydrogen) atoms. The number of carbonyl (C=O) groups is 3. The summed E-state index contributed by atoms with van der Waals surface area (Å²) in [4.78, 5) is 38.2. The van der Waals surface area contributed by atoms with E-state index in [0.717, 1.165) is 161 Å². The van der Waals surface area contributed by atoms with Crippen LogP contribution >= 0.6 is 0 Å². The van der Waals surface area contributed by atoms with Crippen molar-refractivity contribution in [3.05, 3.63) is 207 Å². The molecular weight excluding hydrogens is 973 g/mol. The Bertz CT molecular complexity index is 1960. The van der Waals surface area contributed by atoms with Gasteiger partial charge < -0.3 is 14.2 Å². The smallest absolute Gasteiger partial charge is 0.306 e. The fourth-order valence-electron chi connectivity index (χ4n) is 7.32. The summed E-state index contributed by atoms with van der Waals surface area (Å²) in [5.41, 5.74) is 0. The Labute approximate surface area is 483 Å². The highest BCUT2D eigenvalue weighted by atomic mass is 16.6. The largest absolute Gasteiger partial charge is 0.462 e. The number of esters is 3. The maximum Gasteiger partial charge on any atom is 0.306 e. The van der Waals surface area contributed by atoms with Crippen LogP contribution in [0.1, 0.15) is 213 Å². The summed E-state index contributed by atoms with van der Waals surface area (Å²) in [7, 11) is 0. The summed E-state index contributed by atoms with van der Waals surface area (Å²) < 4.78 is 16.8. The summed E-state index contributed by atoms with van der Waals surface area (Å²) in [6.45, 7) is 6.15. The third kappa shape index (κ3) is 62.7. The summed E-state index contributed by atoms with van der Waals surface area (Å²) in [5, 5.41) is 0. The van der Waals surface area contributed by atoms with Gasteiger partial charge in [0.25, 0.3) is 0 Å². The lowest BCUT2D eigenvalue weighted by Crippen LogP contribution is -2.30. The molecule has 436 valence electrons. The van der Waals surface area contributed by atoms with Gasteiger partial charge in [0, 0.05) is 19.3 Å². The molecule has 0 aliphatic heterocycles. The lowest BCUT2D eigenvalue weighted by Gasteiger charge is -2.18. The lowest BCUT2D eigenvalue weighted by molar-refractivity contribution is -0.166. The molecule has 0 aromatic carbocycles. The van der Waals surface area contributed by atoms with Crippen molar-refractivity contribution in [1.29, 1.82) is 0 Å². The summed E-state index contributed by atoms with van der Waals surface area (Å²) >= 11 is 0. The second kappa shape index (κ2) is 64.5. The van der Waals surface area contributed by atoms with Gasteiger partial charge in [0.2, 0.25) is 0 Å². The number of carbonyl (C=O) groups excluding carboxylic acids is 3. The molecule has 0 saturated heterocycles. The lowest BCUT2D eigenvalue weighted by atomic mass is 10.1. The minimum atomic E-state index is -0.850. The Morgan fingerprint density at radius 3 is 0.785 bits per heavy atom. The Hall–Kier alpha value is -6.01. The van der Waals surface area contributed by atoms with Crippen molar-refractivity contribution in [2.45, 2.75) is 219 Å². The van der Waals surface area contributed by atoms with Gasteiger partial charge in [0.1, 0.15) is 13.2 Å². The molecule has 0 spiro atoms. The van der Waals surface area contributed by atoms with Crippen LogP contribution in [0, 0.1) is 0 Å². The van der Waals surface area contributed by atoms with Crippen LogP contribution in [0.3, 0.4) is 0 Å². The van der Waals surface area contributed by atoms with E-state index in [9.17, 15) is 14.4 Å². The van der Waals surface area contributed by atoms with E-state index in [0.29, 0.717) is 12.8 Å². The van der Waals surface area contributed by atoms with Gasteiger partial charge in [-0.05, 0) is 154 Å². The van der Waals surface area contributed by atoms with Crippen LogP contribution in [0.15, 0.2) is 207 Å². The van der Waals surface area contributed by atoms with Crippen LogP contribution < -0.4 is 0 Å². The average molecular weight is 1080 g/mol. The van der Waals surface area contributed by atoms with E-state index in [4.69, 9.17) is 14.2 Å². The minimum absolute atomic E-state index is 0.141. The zero-order valence-electron chi connectivity index (χ0n) is 49.8. The van der Waals surface area contributed by atoms with E-state index >= 15 is 0 Å². The van der Waals surface area contributed by atoms with Crippen molar-refractivity contribution in [3.8, 4) is 0 Å². The molecule has 0 amide bonds. The van der Waals surface area contributed by atoms with Gasteiger partial charge in [-0.15, -0.1) is 0 Å². The SMILES string of the molecule is CC/C=C\C/C=C\C/C=C\C/C=C\C/C=C\C/C=C\C/C=C\CCCCCC(=O)OCC(COC(=O)CC/C=C\C/C=C\C/C=C\C/C=C\CC)OC(=O)CCCCCC/C=C\C/C=C\C/C=C\C/C=C\C/C=C\C/C=C\CC. The quantitative estimate of drug-likeness (QED) is 0.0261. The Balaban J connectivity index is 4.58. The first kappa shape index (κ1) is 73.0. The third-order valence-electron chi connectivity index (χ3n) is 11.8. The molecule has 6 nitrogen and oxygen atoms in total. The van der Waals surface area contributed by atoms with E-state index in [1.165, 1.54) is 0 Å². The van der Waals surface area contributed by atoms with Gasteiger partial charge in [-0.2, -0.15) is 0 Å². The van der Waals surface area contributed by atoms with Crippen LogP contribution in [0.5, 0.6) is 0 Å². The first-order valence-corrected chi connectivity index (χ1v) is 30.6. The fourth-order valence-corrected chi connectivity index (χ4v) is 7.32. The number of rotatable bonds is 52. The van der Waals surface area contributed by atoms with Gasteiger partial charge in [0.05, 0.1) is 0 Å². The van der Waals surface area contributed by atoms with Gasteiger partial charge in [0.15, 0.2) is 6.10 Å². The molecule has 1 atom stereocenters. The molecule has 1 unspecified atom stereocenters. The van der Waals surface area contributed by atoms with Crippen LogP contribution in [-0.2, 0) is 28.6 Å². The standard InChI is InChI=1S/C73H108O6/c1-4-7-10-13-16-19-22-25-27-29-31-33-35-36-38-39-41-43-45-48-51-54-57-60-63-66-72(75)78-69-70(68-77-71(74)65-62-59-56-53-50-47-24-21-18-15-12-9-6-3)79-73(76)67-64-61-58-55-52-49-46-44-42-40-37-34-32-30-28-26-23-20-17-14-11-8-5-2/h7-12,16-21,25-28,31-34,36,38,40-43,46-51,56,59,70H,4-6,13-15,22-24,29-30,35,37,39,44-45,52-55,57-58,60-69H2,1-3H3/b10-7-,11-8-,12-9-,19-16-,20-17-,21-18-,27-25-,28-26-,33-31-,34-32-,38-36-,42-40-,43-41-,49-46-,50-47-,51-48-,59-56-. The van der Waals surface area contributed by atoms with Gasteiger partial charge in [-0.25, -0.2) is 0 Å². The van der Waals surface area contributed by atoms with Crippen molar-refractivity contribution in [3.63, 3.8) is 0 Å². The number of ether oxygens (including phenoxy) is 3. The second-order valence-electron chi connectivity index (χ2n) is 19.1. The topological polar surface area (TPSA) is 78.9 Å². The number of hydrogen-bond donors (Lipinski definition) is 0. The van der Waals surface area contributed by atoms with E-state index in [1.54, 1.807) is 0 Å². The highest BCUT2D eigenvalue weighted by molar-refractivity contribution is 5.71. The van der Waals surface area contributed by atoms with Crippen molar-refractivity contribution >= 4 is 17.9 Å². The summed E-state index contributed by atoms with van der Waals surface area (Å²) in [6.07, 6.45) is 99.8. The summed E-state index contributed by atoms with van der Waals surface area (Å²) in [5.74, 6) is -1.09. The predicted molar refractivity (Wildman–Crippen MR) is 343 cm³/mol. The first-order valence-electron chi connectivity index (χ1n) is 30.6. The first-order chi connectivity index (χ1) is 39.0. The maximum absolute atomic E-state index is 12.9.